The monoisotopic (exact) mass is 463 g/mol. The van der Waals surface area contributed by atoms with Gasteiger partial charge in [-0.1, -0.05) is 48.5 Å². The molecule has 8 heteroatoms. The van der Waals surface area contributed by atoms with Crippen molar-refractivity contribution in [2.24, 2.45) is 0 Å². The summed E-state index contributed by atoms with van der Waals surface area (Å²) >= 11 is 0.854. The van der Waals surface area contributed by atoms with Gasteiger partial charge in [0.15, 0.2) is 11.5 Å². The lowest BCUT2D eigenvalue weighted by atomic mass is 10.1. The molecule has 0 spiro atoms. The van der Waals surface area contributed by atoms with E-state index in [0.29, 0.717) is 5.56 Å². The Morgan fingerprint density at radius 2 is 1.73 bits per heavy atom. The van der Waals surface area contributed by atoms with Crippen LogP contribution in [0.25, 0.3) is 6.08 Å². The van der Waals surface area contributed by atoms with E-state index in [1.807, 2.05) is 30.3 Å². The van der Waals surface area contributed by atoms with Crippen LogP contribution >= 0.6 is 11.8 Å². The summed E-state index contributed by atoms with van der Waals surface area (Å²) in [6.45, 7) is 0.192. The Balaban J connectivity index is 1.53. The van der Waals surface area contributed by atoms with E-state index >= 15 is 0 Å². The molecular weight excluding hydrogens is 445 g/mol. The van der Waals surface area contributed by atoms with Crippen LogP contribution in [0.5, 0.6) is 11.5 Å². The van der Waals surface area contributed by atoms with Gasteiger partial charge in [-0.25, -0.2) is 9.18 Å². The lowest BCUT2D eigenvalue weighted by Gasteiger charge is -2.12. The number of esters is 1. The zero-order valence-electron chi connectivity index (χ0n) is 17.5. The van der Waals surface area contributed by atoms with Gasteiger partial charge in [-0.15, -0.1) is 0 Å². The SMILES string of the molecule is COc1cc(/C=C2\SC(=O)N(Cc3ccccc3)C2=O)ccc1OC(=O)c1ccccc1F. The second-order valence-corrected chi connectivity index (χ2v) is 8.03. The first-order chi connectivity index (χ1) is 16.0. The molecule has 3 aromatic carbocycles. The average molecular weight is 463 g/mol. The number of hydrogen-bond acceptors (Lipinski definition) is 6. The summed E-state index contributed by atoms with van der Waals surface area (Å²) in [7, 11) is 1.40. The third kappa shape index (κ3) is 4.96. The highest BCUT2D eigenvalue weighted by Gasteiger charge is 2.35. The second-order valence-electron chi connectivity index (χ2n) is 7.03. The third-order valence-electron chi connectivity index (χ3n) is 4.84. The molecule has 1 fully saturated rings. The van der Waals surface area contributed by atoms with Crippen molar-refractivity contribution in [3.63, 3.8) is 0 Å². The lowest BCUT2D eigenvalue weighted by molar-refractivity contribution is -0.123. The predicted molar refractivity (Wildman–Crippen MR) is 122 cm³/mol. The van der Waals surface area contributed by atoms with Crippen molar-refractivity contribution in [1.82, 2.24) is 4.90 Å². The first-order valence-corrected chi connectivity index (χ1v) is 10.7. The maximum atomic E-state index is 13.8. The van der Waals surface area contributed by atoms with Crippen LogP contribution < -0.4 is 9.47 Å². The van der Waals surface area contributed by atoms with Gasteiger partial charge in [-0.3, -0.25) is 14.5 Å². The van der Waals surface area contributed by atoms with Crippen LogP contribution in [-0.2, 0) is 11.3 Å². The molecule has 0 N–H and O–H groups in total. The number of carbonyl (C=O) groups is 3. The molecule has 6 nitrogen and oxygen atoms in total. The van der Waals surface area contributed by atoms with Crippen molar-refractivity contribution in [3.05, 3.63) is 100 Å². The fourth-order valence-electron chi connectivity index (χ4n) is 3.19. The van der Waals surface area contributed by atoms with Gasteiger partial charge in [0.05, 0.1) is 24.1 Å². The fraction of sp³-hybridized carbons (Fsp3) is 0.0800. The number of halogens is 1. The molecule has 1 heterocycles. The van der Waals surface area contributed by atoms with Crippen LogP contribution in [0.3, 0.4) is 0 Å². The minimum Gasteiger partial charge on any atom is -0.493 e. The molecule has 0 saturated carbocycles. The van der Waals surface area contributed by atoms with Crippen LogP contribution in [0.4, 0.5) is 9.18 Å². The molecule has 0 atom stereocenters. The Bertz CT molecular complexity index is 1260. The highest BCUT2D eigenvalue weighted by molar-refractivity contribution is 8.18. The summed E-state index contributed by atoms with van der Waals surface area (Å²) in [6, 6.07) is 19.4. The van der Waals surface area contributed by atoms with E-state index in [1.54, 1.807) is 18.2 Å². The highest BCUT2D eigenvalue weighted by atomic mass is 32.2. The number of amides is 2. The molecule has 166 valence electrons. The van der Waals surface area contributed by atoms with E-state index in [4.69, 9.17) is 9.47 Å². The van der Waals surface area contributed by atoms with Crippen molar-refractivity contribution < 1.29 is 28.2 Å². The van der Waals surface area contributed by atoms with Crippen molar-refractivity contribution in [2.45, 2.75) is 6.54 Å². The van der Waals surface area contributed by atoms with Gasteiger partial charge in [0.1, 0.15) is 5.82 Å². The number of thioether (sulfide) groups is 1. The highest BCUT2D eigenvalue weighted by Crippen LogP contribution is 2.35. The maximum absolute atomic E-state index is 13.8. The van der Waals surface area contributed by atoms with E-state index in [9.17, 15) is 18.8 Å². The summed E-state index contributed by atoms with van der Waals surface area (Å²) in [5, 5.41) is -0.350. The summed E-state index contributed by atoms with van der Waals surface area (Å²) in [6.07, 6.45) is 1.57. The van der Waals surface area contributed by atoms with Gasteiger partial charge in [0, 0.05) is 0 Å². The van der Waals surface area contributed by atoms with Gasteiger partial charge in [0.25, 0.3) is 11.1 Å². The Morgan fingerprint density at radius 3 is 2.45 bits per heavy atom. The van der Waals surface area contributed by atoms with Gasteiger partial charge in [-0.05, 0) is 53.2 Å². The number of imide groups is 1. The quantitative estimate of drug-likeness (QED) is 0.281. The molecular formula is C25H18FNO5S. The van der Waals surface area contributed by atoms with E-state index < -0.39 is 11.8 Å². The number of rotatable bonds is 6. The van der Waals surface area contributed by atoms with Crippen molar-refractivity contribution in [2.75, 3.05) is 7.11 Å². The normalized spacial score (nSPS) is 14.6. The molecule has 3 aromatic rings. The average Bonchev–Trinajstić information content (AvgIpc) is 3.08. The van der Waals surface area contributed by atoms with E-state index in [1.165, 1.54) is 42.3 Å². The molecule has 1 aliphatic rings. The smallest absolute Gasteiger partial charge is 0.346 e. The van der Waals surface area contributed by atoms with Gasteiger partial charge in [0.2, 0.25) is 0 Å². The number of ether oxygens (including phenoxy) is 2. The Labute approximate surface area is 193 Å². The number of carbonyl (C=O) groups excluding carboxylic acids is 3. The lowest BCUT2D eigenvalue weighted by Crippen LogP contribution is -2.27. The summed E-state index contributed by atoms with van der Waals surface area (Å²) in [4.78, 5) is 38.9. The number of methoxy groups -OCH3 is 1. The summed E-state index contributed by atoms with van der Waals surface area (Å²) in [5.74, 6) is -1.62. The van der Waals surface area contributed by atoms with E-state index in [-0.39, 0.29) is 39.7 Å². The van der Waals surface area contributed by atoms with E-state index in [2.05, 4.69) is 0 Å². The number of nitrogens with zero attached hydrogens (tertiary/aromatic N) is 1. The fourth-order valence-corrected chi connectivity index (χ4v) is 4.03. The summed E-state index contributed by atoms with van der Waals surface area (Å²) in [5.41, 5.74) is 1.22. The maximum Gasteiger partial charge on any atom is 0.346 e. The third-order valence-corrected chi connectivity index (χ3v) is 5.75. The minimum atomic E-state index is -0.860. The molecule has 1 aliphatic heterocycles. The molecule has 0 aromatic heterocycles. The minimum absolute atomic E-state index is 0.0973. The van der Waals surface area contributed by atoms with Crippen molar-refractivity contribution >= 4 is 35.0 Å². The molecule has 4 rings (SSSR count). The Kier molecular flexibility index (Phi) is 6.55. The topological polar surface area (TPSA) is 72.9 Å². The largest absolute Gasteiger partial charge is 0.493 e. The number of benzene rings is 3. The van der Waals surface area contributed by atoms with Crippen LogP contribution in [0, 0.1) is 5.82 Å². The van der Waals surface area contributed by atoms with Crippen LogP contribution in [-0.4, -0.2) is 29.1 Å². The Morgan fingerprint density at radius 1 is 1.00 bits per heavy atom. The summed E-state index contributed by atoms with van der Waals surface area (Å²) < 4.78 is 24.4. The zero-order valence-corrected chi connectivity index (χ0v) is 18.3. The van der Waals surface area contributed by atoms with Crippen LogP contribution in [0.2, 0.25) is 0 Å². The molecule has 0 unspecified atom stereocenters. The zero-order chi connectivity index (χ0) is 23.4. The van der Waals surface area contributed by atoms with Crippen LogP contribution in [0.15, 0.2) is 77.7 Å². The molecule has 0 bridgehead atoms. The molecule has 2 amide bonds. The molecule has 33 heavy (non-hydrogen) atoms. The van der Waals surface area contributed by atoms with Crippen LogP contribution in [0.1, 0.15) is 21.5 Å². The second kappa shape index (κ2) is 9.70. The van der Waals surface area contributed by atoms with E-state index in [0.717, 1.165) is 17.3 Å². The number of hydrogen-bond donors (Lipinski definition) is 0. The van der Waals surface area contributed by atoms with Gasteiger partial charge in [-0.2, -0.15) is 0 Å². The first-order valence-electron chi connectivity index (χ1n) is 9.90. The van der Waals surface area contributed by atoms with Gasteiger partial charge < -0.3 is 9.47 Å². The molecule has 0 aliphatic carbocycles. The standard InChI is InChI=1S/C25H18FNO5S/c1-31-21-13-17(11-12-20(21)32-24(29)18-9-5-6-10-19(18)26)14-22-23(28)27(25(30)33-22)15-16-7-3-2-4-8-16/h2-14H,15H2,1H3/b22-14-. The van der Waals surface area contributed by atoms with Crippen molar-refractivity contribution in [1.29, 1.82) is 0 Å². The van der Waals surface area contributed by atoms with Gasteiger partial charge >= 0.3 is 5.97 Å². The van der Waals surface area contributed by atoms with Crippen molar-refractivity contribution in [3.8, 4) is 11.5 Å². The first kappa shape index (κ1) is 22.3. The predicted octanol–water partition coefficient (Wildman–Crippen LogP) is 5.29. The molecule has 1 saturated heterocycles. The Hall–Kier alpha value is -3.91. The molecule has 0 radical (unpaired) electrons.